The number of aromatic nitrogens is 3. The number of hydrogen-bond acceptors (Lipinski definition) is 5. The molecular formula is C22H24Cl2N4O2S. The second kappa shape index (κ2) is 11.0. The zero-order chi connectivity index (χ0) is 22.4. The van der Waals surface area contributed by atoms with E-state index in [1.165, 1.54) is 11.8 Å². The van der Waals surface area contributed by atoms with E-state index in [2.05, 4.69) is 22.2 Å². The number of halogens is 2. The van der Waals surface area contributed by atoms with Crippen LogP contribution in [0.25, 0.3) is 10.9 Å². The van der Waals surface area contributed by atoms with E-state index in [9.17, 15) is 9.59 Å². The predicted octanol–water partition coefficient (Wildman–Crippen LogP) is 5.72. The second-order valence-corrected chi connectivity index (χ2v) is 8.91. The van der Waals surface area contributed by atoms with Crippen LogP contribution < -0.4 is 10.9 Å². The number of nitrogens with one attached hydrogen (secondary N) is 1. The summed E-state index contributed by atoms with van der Waals surface area (Å²) < 4.78 is 1.67. The quantitative estimate of drug-likeness (QED) is 0.241. The first kappa shape index (κ1) is 23.6. The third kappa shape index (κ3) is 5.99. The van der Waals surface area contributed by atoms with Gasteiger partial charge in [0.25, 0.3) is 5.56 Å². The number of amides is 1. The Morgan fingerprint density at radius 2 is 1.90 bits per heavy atom. The molecule has 0 fully saturated rings. The van der Waals surface area contributed by atoms with E-state index in [4.69, 9.17) is 23.2 Å². The molecule has 31 heavy (non-hydrogen) atoms. The lowest BCUT2D eigenvalue weighted by atomic mass is 10.2. The van der Waals surface area contributed by atoms with Crippen molar-refractivity contribution in [3.8, 4) is 0 Å². The van der Waals surface area contributed by atoms with Gasteiger partial charge in [0.05, 0.1) is 32.4 Å². The van der Waals surface area contributed by atoms with Gasteiger partial charge in [0.15, 0.2) is 11.0 Å². The van der Waals surface area contributed by atoms with Crippen molar-refractivity contribution in [1.82, 2.24) is 14.5 Å². The van der Waals surface area contributed by atoms with Gasteiger partial charge >= 0.3 is 0 Å². The van der Waals surface area contributed by atoms with E-state index >= 15 is 0 Å². The van der Waals surface area contributed by atoms with Crippen LogP contribution in [0.15, 0.2) is 40.3 Å². The molecule has 0 unspecified atom stereocenters. The number of hydrogen-bond donors (Lipinski definition) is 1. The van der Waals surface area contributed by atoms with Crippen LogP contribution in [0.2, 0.25) is 10.0 Å². The van der Waals surface area contributed by atoms with Crippen molar-refractivity contribution in [2.45, 2.75) is 51.2 Å². The molecule has 0 saturated carbocycles. The number of fused-ring (bicyclic) bond motifs is 1. The summed E-state index contributed by atoms with van der Waals surface area (Å²) in [5, 5.41) is 4.52. The lowest BCUT2D eigenvalue weighted by Gasteiger charge is -2.13. The van der Waals surface area contributed by atoms with Gasteiger partial charge < -0.3 is 5.32 Å². The highest BCUT2D eigenvalue weighted by Crippen LogP contribution is 2.26. The van der Waals surface area contributed by atoms with E-state index < -0.39 is 0 Å². The second-order valence-electron chi connectivity index (χ2n) is 7.15. The Bertz CT molecular complexity index is 1150. The van der Waals surface area contributed by atoms with E-state index in [0.29, 0.717) is 33.3 Å². The number of unbranched alkanes of at least 4 members (excludes halogenated alkanes) is 3. The average Bonchev–Trinajstić information content (AvgIpc) is 2.75. The standard InChI is InChI=1S/C22H24Cl2N4O2S/c1-3-4-5-8-11-28-21(30)15-9-6-7-10-18(15)26-22(28)31-13-19(29)27-20-17(24)12-16(23)14(2)25-20/h6-7,9-10,12H,3-5,8,11,13H2,1-2H3,(H,25,27,29). The highest BCUT2D eigenvalue weighted by atomic mass is 35.5. The van der Waals surface area contributed by atoms with Gasteiger partial charge in [0, 0.05) is 6.54 Å². The number of anilines is 1. The molecule has 0 saturated heterocycles. The normalized spacial score (nSPS) is 11.1. The molecule has 0 aliphatic rings. The number of carbonyl (C=O) groups excluding carboxylic acids is 1. The molecule has 1 N–H and O–H groups in total. The third-order valence-electron chi connectivity index (χ3n) is 4.76. The maximum atomic E-state index is 13.0. The van der Waals surface area contributed by atoms with Crippen molar-refractivity contribution in [2.75, 3.05) is 11.1 Å². The first-order valence-corrected chi connectivity index (χ1v) is 11.9. The number of nitrogens with zero attached hydrogens (tertiary/aromatic N) is 3. The van der Waals surface area contributed by atoms with Gasteiger partial charge in [-0.25, -0.2) is 9.97 Å². The fourth-order valence-corrected chi connectivity index (χ4v) is 4.33. The summed E-state index contributed by atoms with van der Waals surface area (Å²) >= 11 is 13.4. The number of pyridine rings is 1. The van der Waals surface area contributed by atoms with Gasteiger partial charge in [0.1, 0.15) is 0 Å². The summed E-state index contributed by atoms with van der Waals surface area (Å²) in [4.78, 5) is 34.4. The van der Waals surface area contributed by atoms with Crippen molar-refractivity contribution < 1.29 is 4.79 Å². The Labute approximate surface area is 195 Å². The molecule has 1 aromatic carbocycles. The van der Waals surface area contributed by atoms with E-state index in [-0.39, 0.29) is 28.1 Å². The highest BCUT2D eigenvalue weighted by molar-refractivity contribution is 7.99. The van der Waals surface area contributed by atoms with Crippen molar-refractivity contribution >= 4 is 57.6 Å². The van der Waals surface area contributed by atoms with Gasteiger partial charge in [0.2, 0.25) is 5.91 Å². The lowest BCUT2D eigenvalue weighted by molar-refractivity contribution is -0.113. The monoisotopic (exact) mass is 478 g/mol. The van der Waals surface area contributed by atoms with Crippen molar-refractivity contribution in [2.24, 2.45) is 0 Å². The van der Waals surface area contributed by atoms with E-state index in [1.54, 1.807) is 23.6 Å². The molecule has 0 radical (unpaired) electrons. The minimum Gasteiger partial charge on any atom is -0.309 e. The fraction of sp³-hybridized carbons (Fsp3) is 0.364. The van der Waals surface area contributed by atoms with E-state index in [0.717, 1.165) is 25.7 Å². The first-order chi connectivity index (χ1) is 14.9. The minimum absolute atomic E-state index is 0.0689. The number of thioether (sulfide) groups is 1. The molecule has 0 atom stereocenters. The van der Waals surface area contributed by atoms with Gasteiger partial charge in [-0.05, 0) is 31.5 Å². The molecule has 1 amide bonds. The Morgan fingerprint density at radius 1 is 1.13 bits per heavy atom. The molecule has 0 aliphatic carbocycles. The van der Waals surface area contributed by atoms with Crippen LogP contribution in [-0.4, -0.2) is 26.2 Å². The van der Waals surface area contributed by atoms with Crippen LogP contribution in [0, 0.1) is 6.92 Å². The van der Waals surface area contributed by atoms with Crippen LogP contribution in [0.5, 0.6) is 0 Å². The Morgan fingerprint density at radius 3 is 2.68 bits per heavy atom. The minimum atomic E-state index is -0.291. The maximum absolute atomic E-state index is 13.0. The number of carbonyl (C=O) groups is 1. The third-order valence-corrected chi connectivity index (χ3v) is 6.40. The van der Waals surface area contributed by atoms with Crippen LogP contribution in [0.1, 0.15) is 38.3 Å². The number of rotatable bonds is 9. The maximum Gasteiger partial charge on any atom is 0.262 e. The van der Waals surface area contributed by atoms with Gasteiger partial charge in [-0.2, -0.15) is 0 Å². The number of aryl methyl sites for hydroxylation is 1. The predicted molar refractivity (Wildman–Crippen MR) is 128 cm³/mol. The SMILES string of the molecule is CCCCCCn1c(SCC(=O)Nc2nc(C)c(Cl)cc2Cl)nc2ccccc2c1=O. The summed E-state index contributed by atoms with van der Waals surface area (Å²) in [6.45, 7) is 4.45. The van der Waals surface area contributed by atoms with Crippen LogP contribution >= 0.6 is 35.0 Å². The van der Waals surface area contributed by atoms with Crippen molar-refractivity contribution in [1.29, 1.82) is 0 Å². The van der Waals surface area contributed by atoms with Crippen LogP contribution in [0.3, 0.4) is 0 Å². The number of para-hydroxylation sites is 1. The van der Waals surface area contributed by atoms with Crippen LogP contribution in [-0.2, 0) is 11.3 Å². The molecule has 9 heteroatoms. The van der Waals surface area contributed by atoms with Crippen molar-refractivity contribution in [3.63, 3.8) is 0 Å². The molecule has 2 aromatic heterocycles. The van der Waals surface area contributed by atoms with Crippen LogP contribution in [0.4, 0.5) is 5.82 Å². The van der Waals surface area contributed by atoms with Gasteiger partial charge in [-0.1, -0.05) is 73.3 Å². The molecule has 3 rings (SSSR count). The Balaban J connectivity index is 1.78. The molecule has 164 valence electrons. The summed E-state index contributed by atoms with van der Waals surface area (Å²) in [5.74, 6) is 0.0399. The Kier molecular flexibility index (Phi) is 8.35. The molecular weight excluding hydrogens is 455 g/mol. The zero-order valence-corrected chi connectivity index (χ0v) is 19.8. The molecule has 2 heterocycles. The van der Waals surface area contributed by atoms with Crippen molar-refractivity contribution in [3.05, 3.63) is 56.4 Å². The molecule has 6 nitrogen and oxygen atoms in total. The largest absolute Gasteiger partial charge is 0.309 e. The van der Waals surface area contributed by atoms with Gasteiger partial charge in [-0.3, -0.25) is 14.2 Å². The molecule has 0 aliphatic heterocycles. The summed E-state index contributed by atoms with van der Waals surface area (Å²) in [5.41, 5.74) is 1.12. The first-order valence-electron chi connectivity index (χ1n) is 10.2. The average molecular weight is 479 g/mol. The molecule has 0 spiro atoms. The molecule has 3 aromatic rings. The Hall–Kier alpha value is -2.09. The van der Waals surface area contributed by atoms with Gasteiger partial charge in [-0.15, -0.1) is 0 Å². The van der Waals surface area contributed by atoms with E-state index in [1.807, 2.05) is 18.2 Å². The summed E-state index contributed by atoms with van der Waals surface area (Å²) in [7, 11) is 0. The lowest BCUT2D eigenvalue weighted by Crippen LogP contribution is -2.24. The molecule has 0 bridgehead atoms. The zero-order valence-electron chi connectivity index (χ0n) is 17.5. The summed E-state index contributed by atoms with van der Waals surface area (Å²) in [6, 6.07) is 8.82. The topological polar surface area (TPSA) is 76.9 Å². The summed E-state index contributed by atoms with van der Waals surface area (Å²) in [6.07, 6.45) is 4.17. The highest BCUT2D eigenvalue weighted by Gasteiger charge is 2.15. The fourth-order valence-electron chi connectivity index (χ4n) is 3.10. The smallest absolute Gasteiger partial charge is 0.262 e. The number of benzene rings is 1.